The second-order valence-corrected chi connectivity index (χ2v) is 5.24. The van der Waals surface area contributed by atoms with Gasteiger partial charge in [-0.3, -0.25) is 4.79 Å². The van der Waals surface area contributed by atoms with Gasteiger partial charge in [0.05, 0.1) is 0 Å². The average Bonchev–Trinajstić information content (AvgIpc) is 2.59. The van der Waals surface area contributed by atoms with Crippen LogP contribution in [0.1, 0.15) is 10.4 Å². The molecule has 1 amide bonds. The number of nitrogens with one attached hydrogen (secondary N) is 1. The maximum Gasteiger partial charge on any atom is 0.255 e. The fourth-order valence-electron chi connectivity index (χ4n) is 2.26. The third kappa shape index (κ3) is 3.35. The molecular formula is C19H14FNO3. The number of phenols is 2. The Labute approximate surface area is 137 Å². The predicted octanol–water partition coefficient (Wildman–Crippen LogP) is 4.16. The smallest absolute Gasteiger partial charge is 0.255 e. The lowest BCUT2D eigenvalue weighted by atomic mass is 10.0. The number of hydrogen-bond donors (Lipinski definition) is 3. The molecule has 5 heteroatoms. The number of halogens is 1. The largest absolute Gasteiger partial charge is 0.508 e. The molecule has 120 valence electrons. The van der Waals surface area contributed by atoms with Gasteiger partial charge in [0, 0.05) is 17.3 Å². The summed E-state index contributed by atoms with van der Waals surface area (Å²) in [6.45, 7) is 0. The van der Waals surface area contributed by atoms with E-state index in [0.717, 1.165) is 17.2 Å². The summed E-state index contributed by atoms with van der Waals surface area (Å²) < 4.78 is 13.3. The minimum atomic E-state index is -0.796. The first kappa shape index (κ1) is 15.6. The highest BCUT2D eigenvalue weighted by atomic mass is 19.1. The van der Waals surface area contributed by atoms with Crippen molar-refractivity contribution in [2.75, 3.05) is 5.32 Å². The summed E-state index contributed by atoms with van der Waals surface area (Å²) in [6, 6.07) is 17.3. The van der Waals surface area contributed by atoms with Crippen LogP contribution < -0.4 is 5.32 Å². The average molecular weight is 323 g/mol. The first-order valence-corrected chi connectivity index (χ1v) is 7.22. The monoisotopic (exact) mass is 323 g/mol. The molecule has 3 aromatic rings. The van der Waals surface area contributed by atoms with Crippen molar-refractivity contribution in [3.8, 4) is 22.6 Å². The predicted molar refractivity (Wildman–Crippen MR) is 89.6 cm³/mol. The standard InChI is InChI=1S/C19H14FNO3/c20-17-11-15(7-10-18(17)23)21-19(24)14-3-1-12(2-4-14)13-5-8-16(22)9-6-13/h1-11,22-23H,(H,21,24). The van der Waals surface area contributed by atoms with Crippen LogP contribution in [0.5, 0.6) is 11.5 Å². The molecule has 0 fully saturated rings. The Balaban J connectivity index is 1.76. The van der Waals surface area contributed by atoms with Crippen molar-refractivity contribution in [3.63, 3.8) is 0 Å². The Morgan fingerprint density at radius 3 is 2.00 bits per heavy atom. The van der Waals surface area contributed by atoms with Gasteiger partial charge in [0.2, 0.25) is 0 Å². The highest BCUT2D eigenvalue weighted by molar-refractivity contribution is 6.04. The molecule has 0 aromatic heterocycles. The van der Waals surface area contributed by atoms with Gasteiger partial charge >= 0.3 is 0 Å². The third-order valence-electron chi connectivity index (χ3n) is 3.55. The summed E-state index contributed by atoms with van der Waals surface area (Å²) in [5, 5.41) is 21.0. The van der Waals surface area contributed by atoms with Crippen molar-refractivity contribution in [1.82, 2.24) is 0 Å². The van der Waals surface area contributed by atoms with E-state index < -0.39 is 11.6 Å². The molecule has 0 unspecified atom stereocenters. The van der Waals surface area contributed by atoms with Crippen LogP contribution in [0.2, 0.25) is 0 Å². The van der Waals surface area contributed by atoms with Gasteiger partial charge in [-0.15, -0.1) is 0 Å². The SMILES string of the molecule is O=C(Nc1ccc(O)c(F)c1)c1ccc(-c2ccc(O)cc2)cc1. The van der Waals surface area contributed by atoms with Crippen LogP contribution in [0, 0.1) is 5.82 Å². The fourth-order valence-corrected chi connectivity index (χ4v) is 2.26. The topological polar surface area (TPSA) is 69.6 Å². The summed E-state index contributed by atoms with van der Waals surface area (Å²) in [6.07, 6.45) is 0. The van der Waals surface area contributed by atoms with Crippen LogP contribution in [0.3, 0.4) is 0 Å². The molecule has 0 radical (unpaired) electrons. The summed E-state index contributed by atoms with van der Waals surface area (Å²) in [7, 11) is 0. The van der Waals surface area contributed by atoms with Gasteiger partial charge in [-0.25, -0.2) is 4.39 Å². The van der Waals surface area contributed by atoms with Crippen molar-refractivity contribution >= 4 is 11.6 Å². The molecule has 0 saturated carbocycles. The van der Waals surface area contributed by atoms with Crippen molar-refractivity contribution in [3.05, 3.63) is 78.1 Å². The Morgan fingerprint density at radius 1 is 0.833 bits per heavy atom. The van der Waals surface area contributed by atoms with Gasteiger partial charge in [-0.05, 0) is 47.5 Å². The van der Waals surface area contributed by atoms with E-state index in [0.29, 0.717) is 5.56 Å². The van der Waals surface area contributed by atoms with Gasteiger partial charge < -0.3 is 15.5 Å². The van der Waals surface area contributed by atoms with Gasteiger partial charge in [0.1, 0.15) is 5.75 Å². The zero-order valence-corrected chi connectivity index (χ0v) is 12.5. The van der Waals surface area contributed by atoms with Crippen LogP contribution in [0.4, 0.5) is 10.1 Å². The summed E-state index contributed by atoms with van der Waals surface area (Å²) in [5.41, 5.74) is 2.51. The van der Waals surface area contributed by atoms with E-state index in [1.54, 1.807) is 48.5 Å². The van der Waals surface area contributed by atoms with Gasteiger partial charge in [0.25, 0.3) is 5.91 Å². The lowest BCUT2D eigenvalue weighted by molar-refractivity contribution is 0.102. The first-order chi connectivity index (χ1) is 11.5. The normalized spacial score (nSPS) is 10.4. The van der Waals surface area contributed by atoms with Crippen LogP contribution in [-0.4, -0.2) is 16.1 Å². The molecule has 0 spiro atoms. The molecule has 0 atom stereocenters. The number of phenolic OH excluding ortho intramolecular Hbond substituents is 2. The molecule has 0 aliphatic rings. The Kier molecular flexibility index (Phi) is 4.16. The number of hydrogen-bond acceptors (Lipinski definition) is 3. The number of aromatic hydroxyl groups is 2. The molecule has 24 heavy (non-hydrogen) atoms. The number of anilines is 1. The van der Waals surface area contributed by atoms with E-state index in [2.05, 4.69) is 5.32 Å². The molecular weight excluding hydrogens is 309 g/mol. The second kappa shape index (κ2) is 6.42. The van der Waals surface area contributed by atoms with Gasteiger partial charge in [0.15, 0.2) is 11.6 Å². The zero-order chi connectivity index (χ0) is 17.1. The van der Waals surface area contributed by atoms with Crippen molar-refractivity contribution in [2.24, 2.45) is 0 Å². The minimum Gasteiger partial charge on any atom is -0.508 e. The molecule has 0 aliphatic carbocycles. The molecule has 0 bridgehead atoms. The van der Waals surface area contributed by atoms with E-state index in [1.807, 2.05) is 0 Å². The van der Waals surface area contributed by atoms with Crippen molar-refractivity contribution in [1.29, 1.82) is 0 Å². The lowest BCUT2D eigenvalue weighted by Crippen LogP contribution is -2.11. The van der Waals surface area contributed by atoms with E-state index in [9.17, 15) is 14.3 Å². The second-order valence-electron chi connectivity index (χ2n) is 5.24. The molecule has 3 rings (SSSR count). The van der Waals surface area contributed by atoms with E-state index in [1.165, 1.54) is 12.1 Å². The summed E-state index contributed by atoms with van der Waals surface area (Å²) in [4.78, 5) is 12.2. The highest BCUT2D eigenvalue weighted by Gasteiger charge is 2.08. The van der Waals surface area contributed by atoms with Crippen molar-refractivity contribution < 1.29 is 19.4 Å². The minimum absolute atomic E-state index is 0.191. The third-order valence-corrected chi connectivity index (χ3v) is 3.55. The van der Waals surface area contributed by atoms with Crippen LogP contribution in [-0.2, 0) is 0 Å². The van der Waals surface area contributed by atoms with E-state index >= 15 is 0 Å². The zero-order valence-electron chi connectivity index (χ0n) is 12.5. The van der Waals surface area contributed by atoms with Gasteiger partial charge in [-0.2, -0.15) is 0 Å². The van der Waals surface area contributed by atoms with Crippen molar-refractivity contribution in [2.45, 2.75) is 0 Å². The lowest BCUT2D eigenvalue weighted by Gasteiger charge is -2.07. The summed E-state index contributed by atoms with van der Waals surface area (Å²) in [5.74, 6) is -1.45. The molecule has 0 saturated heterocycles. The number of rotatable bonds is 3. The van der Waals surface area contributed by atoms with Gasteiger partial charge in [-0.1, -0.05) is 24.3 Å². The fraction of sp³-hybridized carbons (Fsp3) is 0. The van der Waals surface area contributed by atoms with Crippen LogP contribution in [0.15, 0.2) is 66.7 Å². The Morgan fingerprint density at radius 2 is 1.42 bits per heavy atom. The van der Waals surface area contributed by atoms with Crippen LogP contribution >= 0.6 is 0 Å². The molecule has 3 aromatic carbocycles. The maximum atomic E-state index is 13.3. The van der Waals surface area contributed by atoms with E-state index in [-0.39, 0.29) is 17.3 Å². The molecule has 3 N–H and O–H groups in total. The quantitative estimate of drug-likeness (QED) is 0.634. The number of benzene rings is 3. The molecule has 4 nitrogen and oxygen atoms in total. The highest BCUT2D eigenvalue weighted by Crippen LogP contribution is 2.23. The molecule has 0 aliphatic heterocycles. The summed E-state index contributed by atoms with van der Waals surface area (Å²) >= 11 is 0. The van der Waals surface area contributed by atoms with E-state index in [4.69, 9.17) is 5.11 Å². The van der Waals surface area contributed by atoms with Crippen LogP contribution in [0.25, 0.3) is 11.1 Å². The number of carbonyl (C=O) groups excluding carboxylic acids is 1. The number of amides is 1. The molecule has 0 heterocycles. The maximum absolute atomic E-state index is 13.3. The number of carbonyl (C=O) groups is 1. The first-order valence-electron chi connectivity index (χ1n) is 7.22. The Hall–Kier alpha value is -3.34. The Bertz CT molecular complexity index is 874.